The number of carbonyl (C=O) groups excluding carboxylic acids is 2. The summed E-state index contributed by atoms with van der Waals surface area (Å²) in [6.07, 6.45) is 0.319. The molecule has 6 nitrogen and oxygen atoms in total. The number of nitrogens with one attached hydrogen (secondary N) is 1. The zero-order valence-corrected chi connectivity index (χ0v) is 12.7. The number of methoxy groups -OCH3 is 1. The maximum absolute atomic E-state index is 12.1. The molecule has 1 amide bonds. The minimum absolute atomic E-state index is 0.0937. The molecule has 2 atom stereocenters. The molecule has 2 aliphatic rings. The molecule has 114 valence electrons. The quantitative estimate of drug-likeness (QED) is 0.728. The van der Waals surface area contributed by atoms with Gasteiger partial charge in [-0.15, -0.1) is 0 Å². The van der Waals surface area contributed by atoms with Gasteiger partial charge in [0.25, 0.3) is 0 Å². The number of rotatable bonds is 1. The smallest absolute Gasteiger partial charge is 0.410 e. The van der Waals surface area contributed by atoms with Gasteiger partial charge in [-0.2, -0.15) is 0 Å². The fourth-order valence-corrected chi connectivity index (χ4v) is 3.07. The van der Waals surface area contributed by atoms with E-state index in [1.54, 1.807) is 4.90 Å². The maximum atomic E-state index is 12.1. The Balaban J connectivity index is 2.05. The van der Waals surface area contributed by atoms with Crippen LogP contribution >= 0.6 is 0 Å². The largest absolute Gasteiger partial charge is 0.469 e. The molecule has 0 aromatic carbocycles. The Morgan fingerprint density at radius 3 is 2.65 bits per heavy atom. The molecule has 0 aromatic rings. The Morgan fingerprint density at radius 1 is 1.35 bits per heavy atom. The average Bonchev–Trinajstić information content (AvgIpc) is 2.79. The van der Waals surface area contributed by atoms with Gasteiger partial charge < -0.3 is 19.7 Å². The highest BCUT2D eigenvalue weighted by molar-refractivity contribution is 5.79. The van der Waals surface area contributed by atoms with E-state index >= 15 is 0 Å². The number of ether oxygens (including phenoxy) is 2. The molecule has 0 spiro atoms. The topological polar surface area (TPSA) is 67.9 Å². The van der Waals surface area contributed by atoms with E-state index in [0.29, 0.717) is 26.1 Å². The summed E-state index contributed by atoms with van der Waals surface area (Å²) < 4.78 is 10.4. The van der Waals surface area contributed by atoms with Crippen molar-refractivity contribution >= 4 is 12.1 Å². The van der Waals surface area contributed by atoms with E-state index < -0.39 is 11.0 Å². The number of piperidine rings is 1. The summed E-state index contributed by atoms with van der Waals surface area (Å²) in [5, 5.41) is 3.25. The second-order valence-electron chi connectivity index (χ2n) is 6.65. The normalized spacial score (nSPS) is 29.8. The van der Waals surface area contributed by atoms with Gasteiger partial charge in [0.1, 0.15) is 5.60 Å². The number of hydrogen-bond acceptors (Lipinski definition) is 5. The SMILES string of the molecule is COC(=O)C12CCN(C(=O)OC(C)(C)C)CC1CNC2. The van der Waals surface area contributed by atoms with Crippen molar-refractivity contribution in [3.05, 3.63) is 0 Å². The van der Waals surface area contributed by atoms with E-state index in [-0.39, 0.29) is 18.0 Å². The molecule has 2 heterocycles. The number of hydrogen-bond donors (Lipinski definition) is 1. The van der Waals surface area contributed by atoms with Crippen molar-refractivity contribution in [2.24, 2.45) is 11.3 Å². The van der Waals surface area contributed by atoms with Gasteiger partial charge in [0.05, 0.1) is 12.5 Å². The summed E-state index contributed by atoms with van der Waals surface area (Å²) in [6.45, 7) is 7.99. The lowest BCUT2D eigenvalue weighted by Gasteiger charge is -2.41. The number of fused-ring (bicyclic) bond motifs is 1. The zero-order chi connectivity index (χ0) is 15.0. The number of carbonyl (C=O) groups is 2. The van der Waals surface area contributed by atoms with Crippen molar-refractivity contribution in [3.8, 4) is 0 Å². The Hall–Kier alpha value is -1.30. The van der Waals surface area contributed by atoms with Crippen LogP contribution in [0.3, 0.4) is 0 Å². The van der Waals surface area contributed by atoms with Crippen molar-refractivity contribution in [3.63, 3.8) is 0 Å². The van der Waals surface area contributed by atoms with Crippen LogP contribution in [0.4, 0.5) is 4.79 Å². The third kappa shape index (κ3) is 2.75. The third-order valence-corrected chi connectivity index (χ3v) is 4.12. The Morgan fingerprint density at radius 2 is 2.05 bits per heavy atom. The van der Waals surface area contributed by atoms with E-state index in [1.165, 1.54) is 7.11 Å². The number of esters is 1. The summed E-state index contributed by atoms with van der Waals surface area (Å²) in [4.78, 5) is 25.9. The van der Waals surface area contributed by atoms with Gasteiger partial charge in [-0.1, -0.05) is 0 Å². The molecule has 2 unspecified atom stereocenters. The van der Waals surface area contributed by atoms with E-state index in [0.717, 1.165) is 6.54 Å². The van der Waals surface area contributed by atoms with E-state index in [4.69, 9.17) is 9.47 Å². The van der Waals surface area contributed by atoms with Crippen LogP contribution < -0.4 is 5.32 Å². The van der Waals surface area contributed by atoms with Gasteiger partial charge in [0.2, 0.25) is 0 Å². The number of nitrogens with zero attached hydrogens (tertiary/aromatic N) is 1. The molecule has 2 rings (SSSR count). The van der Waals surface area contributed by atoms with Gasteiger partial charge in [-0.25, -0.2) is 4.79 Å². The lowest BCUT2D eigenvalue weighted by molar-refractivity contribution is -0.157. The first kappa shape index (κ1) is 15.1. The van der Waals surface area contributed by atoms with Crippen LogP contribution in [0.15, 0.2) is 0 Å². The van der Waals surface area contributed by atoms with Gasteiger partial charge in [0, 0.05) is 32.1 Å². The molecule has 2 fully saturated rings. The summed E-state index contributed by atoms with van der Waals surface area (Å²) in [6, 6.07) is 0. The van der Waals surface area contributed by atoms with Crippen LogP contribution in [-0.2, 0) is 14.3 Å². The van der Waals surface area contributed by atoms with Crippen molar-refractivity contribution in [2.45, 2.75) is 32.8 Å². The zero-order valence-electron chi connectivity index (χ0n) is 12.7. The molecule has 1 N–H and O–H groups in total. The molecular formula is C14H24N2O4. The molecule has 6 heteroatoms. The molecule has 0 saturated carbocycles. The Kier molecular flexibility index (Phi) is 3.95. The predicted molar refractivity (Wildman–Crippen MR) is 73.2 cm³/mol. The van der Waals surface area contributed by atoms with Crippen molar-refractivity contribution in [1.82, 2.24) is 10.2 Å². The van der Waals surface area contributed by atoms with E-state index in [9.17, 15) is 9.59 Å². The molecule has 0 aromatic heterocycles. The lowest BCUT2D eigenvalue weighted by Crippen LogP contribution is -2.53. The van der Waals surface area contributed by atoms with Gasteiger partial charge in [-0.3, -0.25) is 4.79 Å². The van der Waals surface area contributed by atoms with Crippen molar-refractivity contribution in [2.75, 3.05) is 33.3 Å². The van der Waals surface area contributed by atoms with Crippen LogP contribution in [0.2, 0.25) is 0 Å². The Bertz CT molecular complexity index is 404. The molecular weight excluding hydrogens is 260 g/mol. The third-order valence-electron chi connectivity index (χ3n) is 4.12. The number of amides is 1. The summed E-state index contributed by atoms with van der Waals surface area (Å²) >= 11 is 0. The second-order valence-corrected chi connectivity index (χ2v) is 6.65. The van der Waals surface area contributed by atoms with Crippen LogP contribution in [0.25, 0.3) is 0 Å². The number of likely N-dealkylation sites (tertiary alicyclic amines) is 1. The molecule has 0 radical (unpaired) electrons. The minimum Gasteiger partial charge on any atom is -0.469 e. The first-order chi connectivity index (χ1) is 9.28. The monoisotopic (exact) mass is 284 g/mol. The second kappa shape index (κ2) is 5.24. The predicted octanol–water partition coefficient (Wildman–Crippen LogP) is 1.01. The highest BCUT2D eigenvalue weighted by Gasteiger charge is 2.53. The van der Waals surface area contributed by atoms with Crippen LogP contribution in [0.1, 0.15) is 27.2 Å². The molecule has 20 heavy (non-hydrogen) atoms. The first-order valence-electron chi connectivity index (χ1n) is 7.05. The first-order valence-corrected chi connectivity index (χ1v) is 7.05. The standard InChI is InChI=1S/C14H24N2O4/c1-13(2,3)20-12(18)16-6-5-14(11(17)19-4)9-15-7-10(14)8-16/h10,15H,5-9H2,1-4H3. The summed E-state index contributed by atoms with van der Waals surface area (Å²) in [5.74, 6) is -0.0763. The minimum atomic E-state index is -0.498. The average molecular weight is 284 g/mol. The molecule has 0 bridgehead atoms. The fourth-order valence-electron chi connectivity index (χ4n) is 3.07. The Labute approximate surface area is 119 Å². The van der Waals surface area contributed by atoms with E-state index in [1.807, 2.05) is 20.8 Å². The van der Waals surface area contributed by atoms with Crippen LogP contribution in [-0.4, -0.2) is 55.9 Å². The fraction of sp³-hybridized carbons (Fsp3) is 0.857. The molecule has 2 saturated heterocycles. The van der Waals surface area contributed by atoms with Crippen molar-refractivity contribution in [1.29, 1.82) is 0 Å². The van der Waals surface area contributed by atoms with Crippen LogP contribution in [0, 0.1) is 11.3 Å². The summed E-state index contributed by atoms with van der Waals surface area (Å²) in [5.41, 5.74) is -0.977. The van der Waals surface area contributed by atoms with E-state index in [2.05, 4.69) is 5.32 Å². The highest BCUT2D eigenvalue weighted by atomic mass is 16.6. The van der Waals surface area contributed by atoms with Gasteiger partial charge in [0.15, 0.2) is 0 Å². The van der Waals surface area contributed by atoms with Gasteiger partial charge >= 0.3 is 12.1 Å². The molecule has 2 aliphatic heterocycles. The lowest BCUT2D eigenvalue weighted by atomic mass is 9.72. The summed E-state index contributed by atoms with van der Waals surface area (Å²) in [7, 11) is 1.42. The molecule has 0 aliphatic carbocycles. The maximum Gasteiger partial charge on any atom is 0.410 e. The van der Waals surface area contributed by atoms with Crippen LogP contribution in [0.5, 0.6) is 0 Å². The highest BCUT2D eigenvalue weighted by Crippen LogP contribution is 2.40. The van der Waals surface area contributed by atoms with Crippen molar-refractivity contribution < 1.29 is 19.1 Å². The van der Waals surface area contributed by atoms with Gasteiger partial charge in [-0.05, 0) is 27.2 Å².